The van der Waals surface area contributed by atoms with E-state index in [1.165, 1.54) is 0 Å². The fourth-order valence-electron chi connectivity index (χ4n) is 2.51. The number of H-pyrrole nitrogens is 1. The summed E-state index contributed by atoms with van der Waals surface area (Å²) in [6.45, 7) is 0.350. The highest BCUT2D eigenvalue weighted by molar-refractivity contribution is 5.99. The number of rotatable bonds is 3. The Morgan fingerprint density at radius 2 is 2.32 bits per heavy atom. The molecule has 0 unspecified atom stereocenters. The maximum atomic E-state index is 12.4. The largest absolute Gasteiger partial charge is 0.346 e. The van der Waals surface area contributed by atoms with E-state index >= 15 is 0 Å². The third kappa shape index (κ3) is 1.85. The summed E-state index contributed by atoms with van der Waals surface area (Å²) in [6, 6.07) is 3.76. The summed E-state index contributed by atoms with van der Waals surface area (Å²) in [5, 5.41) is 15.0. The molecule has 4 aromatic rings. The molecule has 0 radical (unpaired) electrons. The van der Waals surface area contributed by atoms with E-state index in [9.17, 15) is 4.79 Å². The molecule has 4 heterocycles. The van der Waals surface area contributed by atoms with Crippen LogP contribution < -0.4 is 5.32 Å². The minimum atomic E-state index is -0.177. The molecule has 0 aliphatic heterocycles. The van der Waals surface area contributed by atoms with Gasteiger partial charge in [0.15, 0.2) is 5.65 Å². The van der Waals surface area contributed by atoms with Gasteiger partial charge in [-0.25, -0.2) is 9.50 Å². The van der Waals surface area contributed by atoms with Crippen molar-refractivity contribution in [2.24, 2.45) is 7.05 Å². The topological polar surface area (TPSA) is 92.9 Å². The maximum absolute atomic E-state index is 12.4. The van der Waals surface area contributed by atoms with Gasteiger partial charge in [0.25, 0.3) is 5.91 Å². The molecule has 22 heavy (non-hydrogen) atoms. The summed E-state index contributed by atoms with van der Waals surface area (Å²) in [5.41, 5.74) is 2.76. The third-order valence-corrected chi connectivity index (χ3v) is 3.61. The second-order valence-corrected chi connectivity index (χ2v) is 4.99. The zero-order valence-corrected chi connectivity index (χ0v) is 11.8. The Kier molecular flexibility index (Phi) is 2.68. The summed E-state index contributed by atoms with van der Waals surface area (Å²) >= 11 is 0. The number of aromatic amines is 1. The van der Waals surface area contributed by atoms with Crippen molar-refractivity contribution in [2.45, 2.75) is 6.54 Å². The number of aromatic nitrogens is 6. The van der Waals surface area contributed by atoms with Gasteiger partial charge in [0.1, 0.15) is 11.2 Å². The molecule has 0 fully saturated rings. The molecule has 4 aromatic heterocycles. The minimum absolute atomic E-state index is 0.177. The van der Waals surface area contributed by atoms with Crippen molar-refractivity contribution in [1.82, 2.24) is 34.7 Å². The van der Waals surface area contributed by atoms with Crippen molar-refractivity contribution < 1.29 is 4.79 Å². The maximum Gasteiger partial charge on any atom is 0.257 e. The molecule has 0 aliphatic carbocycles. The Bertz CT molecular complexity index is 977. The zero-order valence-electron chi connectivity index (χ0n) is 11.8. The first-order valence-electron chi connectivity index (χ1n) is 6.79. The fraction of sp³-hybridized carbons (Fsp3) is 0.143. The van der Waals surface area contributed by atoms with Crippen molar-refractivity contribution >= 4 is 22.6 Å². The minimum Gasteiger partial charge on any atom is -0.346 e. The molecule has 0 atom stereocenters. The van der Waals surface area contributed by atoms with Crippen molar-refractivity contribution in [2.75, 3.05) is 0 Å². The van der Waals surface area contributed by atoms with Crippen molar-refractivity contribution in [3.05, 3.63) is 48.2 Å². The molecule has 4 rings (SSSR count). The Labute approximate surface area is 124 Å². The molecule has 8 heteroatoms. The first kappa shape index (κ1) is 12.6. The highest BCUT2D eigenvalue weighted by Gasteiger charge is 2.15. The first-order valence-corrected chi connectivity index (χ1v) is 6.79. The van der Waals surface area contributed by atoms with Gasteiger partial charge in [-0.15, -0.1) is 0 Å². The number of hydrogen-bond acceptors (Lipinski definition) is 4. The normalized spacial score (nSPS) is 11.3. The average molecular weight is 295 g/mol. The number of amides is 1. The molecule has 0 saturated heterocycles. The Morgan fingerprint density at radius 3 is 3.23 bits per heavy atom. The number of aryl methyl sites for hydroxylation is 1. The Balaban J connectivity index is 1.59. The monoisotopic (exact) mass is 295 g/mol. The molecule has 0 bridgehead atoms. The number of carbonyl (C=O) groups excluding carboxylic acids is 1. The molecule has 8 nitrogen and oxygen atoms in total. The lowest BCUT2D eigenvalue weighted by atomic mass is 10.2. The molecule has 2 N–H and O–H groups in total. The SMILES string of the molecule is Cn1ccn2ncc(C(=O)NCc3[nH]nc4ncccc34)c12. The number of pyridine rings is 1. The Morgan fingerprint density at radius 1 is 1.41 bits per heavy atom. The standard InChI is InChI=1S/C14H13N7O/c1-20-5-6-21-14(20)10(7-17-21)13(22)16-8-11-9-3-2-4-15-12(9)19-18-11/h2-7H,8H2,1H3,(H,16,22)(H,15,18,19). The van der Waals surface area contributed by atoms with E-state index in [1.807, 2.05) is 29.9 Å². The van der Waals surface area contributed by atoms with Gasteiger partial charge < -0.3 is 9.88 Å². The van der Waals surface area contributed by atoms with Gasteiger partial charge in [0.2, 0.25) is 0 Å². The zero-order chi connectivity index (χ0) is 15.1. The lowest BCUT2D eigenvalue weighted by Crippen LogP contribution is -2.23. The lowest BCUT2D eigenvalue weighted by molar-refractivity contribution is 0.0952. The van der Waals surface area contributed by atoms with E-state index < -0.39 is 0 Å². The van der Waals surface area contributed by atoms with Crippen LogP contribution in [0.1, 0.15) is 16.1 Å². The number of nitrogens with zero attached hydrogens (tertiary/aromatic N) is 5. The first-order chi connectivity index (χ1) is 10.7. The number of fused-ring (bicyclic) bond motifs is 2. The van der Waals surface area contributed by atoms with Gasteiger partial charge in [0.05, 0.1) is 18.4 Å². The Hall–Kier alpha value is -3.16. The van der Waals surface area contributed by atoms with E-state index in [4.69, 9.17) is 0 Å². The summed E-state index contributed by atoms with van der Waals surface area (Å²) in [7, 11) is 1.88. The number of hydrogen-bond donors (Lipinski definition) is 2. The van der Waals surface area contributed by atoms with E-state index in [0.29, 0.717) is 17.8 Å². The summed E-state index contributed by atoms with van der Waals surface area (Å²) in [4.78, 5) is 16.5. The van der Waals surface area contributed by atoms with Gasteiger partial charge in [0, 0.05) is 31.0 Å². The molecular weight excluding hydrogens is 282 g/mol. The molecular formula is C14H13N7O. The van der Waals surface area contributed by atoms with Crippen molar-refractivity contribution in [3.8, 4) is 0 Å². The average Bonchev–Trinajstić information content (AvgIpc) is 3.22. The van der Waals surface area contributed by atoms with Crippen molar-refractivity contribution in [3.63, 3.8) is 0 Å². The summed E-state index contributed by atoms with van der Waals surface area (Å²) in [6.07, 6.45) is 6.91. The number of carbonyl (C=O) groups is 1. The van der Waals surface area contributed by atoms with Crippen molar-refractivity contribution in [1.29, 1.82) is 0 Å². The highest BCUT2D eigenvalue weighted by Crippen LogP contribution is 2.14. The van der Waals surface area contributed by atoms with Gasteiger partial charge in [-0.1, -0.05) is 0 Å². The highest BCUT2D eigenvalue weighted by atomic mass is 16.1. The molecule has 0 aliphatic rings. The summed E-state index contributed by atoms with van der Waals surface area (Å²) < 4.78 is 3.53. The smallest absolute Gasteiger partial charge is 0.257 e. The quantitative estimate of drug-likeness (QED) is 0.586. The molecule has 0 spiro atoms. The van der Waals surface area contributed by atoms with Crippen LogP contribution in [0, 0.1) is 0 Å². The lowest BCUT2D eigenvalue weighted by Gasteiger charge is -2.03. The number of imidazole rings is 1. The van der Waals surface area contributed by atoms with E-state index in [2.05, 4.69) is 25.6 Å². The predicted octanol–water partition coefficient (Wildman–Crippen LogP) is 0.874. The van der Waals surface area contributed by atoms with Gasteiger partial charge in [-0.3, -0.25) is 9.89 Å². The van der Waals surface area contributed by atoms with Gasteiger partial charge >= 0.3 is 0 Å². The van der Waals surface area contributed by atoms with E-state index in [1.54, 1.807) is 23.1 Å². The van der Waals surface area contributed by atoms with Crippen LogP contribution in [0.5, 0.6) is 0 Å². The van der Waals surface area contributed by atoms with Gasteiger partial charge in [-0.05, 0) is 12.1 Å². The van der Waals surface area contributed by atoms with Crippen LogP contribution in [0.3, 0.4) is 0 Å². The second-order valence-electron chi connectivity index (χ2n) is 4.99. The predicted molar refractivity (Wildman–Crippen MR) is 79.2 cm³/mol. The molecule has 1 amide bonds. The van der Waals surface area contributed by atoms with E-state index in [0.717, 1.165) is 16.7 Å². The van der Waals surface area contributed by atoms with Crippen LogP contribution in [0.25, 0.3) is 16.7 Å². The second kappa shape index (κ2) is 4.69. The van der Waals surface area contributed by atoms with Crippen LogP contribution in [0.15, 0.2) is 36.9 Å². The van der Waals surface area contributed by atoms with Crippen LogP contribution >= 0.6 is 0 Å². The molecule has 0 aromatic carbocycles. The van der Waals surface area contributed by atoms with Crippen LogP contribution in [-0.2, 0) is 13.6 Å². The van der Waals surface area contributed by atoms with Crippen LogP contribution in [0.4, 0.5) is 0 Å². The summed E-state index contributed by atoms with van der Waals surface area (Å²) in [5.74, 6) is -0.177. The van der Waals surface area contributed by atoms with Gasteiger partial charge in [-0.2, -0.15) is 10.2 Å². The molecule has 0 saturated carbocycles. The third-order valence-electron chi connectivity index (χ3n) is 3.61. The molecule has 110 valence electrons. The number of nitrogens with one attached hydrogen (secondary N) is 2. The van der Waals surface area contributed by atoms with Crippen LogP contribution in [0.2, 0.25) is 0 Å². The van der Waals surface area contributed by atoms with E-state index in [-0.39, 0.29) is 5.91 Å². The fourth-order valence-corrected chi connectivity index (χ4v) is 2.51. The van der Waals surface area contributed by atoms with Crippen LogP contribution in [-0.4, -0.2) is 35.3 Å².